The standard InChI is InChI=1S/C13H19NO2/c1-15-13-8-7-11(9-12(13)14)16-10-5-3-2-4-6-10/h7-10H,2-6,14H2,1H3. The summed E-state index contributed by atoms with van der Waals surface area (Å²) in [5.41, 5.74) is 6.47. The lowest BCUT2D eigenvalue weighted by Gasteiger charge is -2.23. The molecule has 1 fully saturated rings. The molecule has 88 valence electrons. The van der Waals surface area contributed by atoms with E-state index in [2.05, 4.69) is 0 Å². The summed E-state index contributed by atoms with van der Waals surface area (Å²) in [5.74, 6) is 1.56. The Balaban J connectivity index is 2.01. The number of methoxy groups -OCH3 is 1. The number of hydrogen-bond donors (Lipinski definition) is 1. The SMILES string of the molecule is COc1ccc(OC2CCCCC2)cc1N. The highest BCUT2D eigenvalue weighted by Crippen LogP contribution is 2.29. The zero-order chi connectivity index (χ0) is 11.4. The molecule has 1 saturated carbocycles. The van der Waals surface area contributed by atoms with Gasteiger partial charge < -0.3 is 15.2 Å². The van der Waals surface area contributed by atoms with Crippen LogP contribution in [-0.2, 0) is 0 Å². The van der Waals surface area contributed by atoms with Gasteiger partial charge in [0.05, 0.1) is 18.9 Å². The molecule has 0 bridgehead atoms. The van der Waals surface area contributed by atoms with Crippen LogP contribution in [0, 0.1) is 0 Å². The maximum atomic E-state index is 5.90. The molecule has 0 saturated heterocycles. The van der Waals surface area contributed by atoms with Gasteiger partial charge in [0.25, 0.3) is 0 Å². The van der Waals surface area contributed by atoms with Gasteiger partial charge in [-0.15, -0.1) is 0 Å². The lowest BCUT2D eigenvalue weighted by molar-refractivity contribution is 0.155. The van der Waals surface area contributed by atoms with E-state index in [-0.39, 0.29) is 0 Å². The second kappa shape index (κ2) is 5.10. The van der Waals surface area contributed by atoms with E-state index in [1.165, 1.54) is 19.3 Å². The van der Waals surface area contributed by atoms with E-state index < -0.39 is 0 Å². The van der Waals surface area contributed by atoms with Crippen molar-refractivity contribution in [3.63, 3.8) is 0 Å². The second-order valence-corrected chi connectivity index (χ2v) is 4.28. The van der Waals surface area contributed by atoms with Gasteiger partial charge in [-0.05, 0) is 37.8 Å². The minimum absolute atomic E-state index is 0.363. The van der Waals surface area contributed by atoms with E-state index in [0.717, 1.165) is 18.6 Å². The van der Waals surface area contributed by atoms with Gasteiger partial charge in [-0.25, -0.2) is 0 Å². The zero-order valence-corrected chi connectivity index (χ0v) is 9.74. The van der Waals surface area contributed by atoms with Crippen LogP contribution in [0.3, 0.4) is 0 Å². The van der Waals surface area contributed by atoms with Gasteiger partial charge in [0.15, 0.2) is 0 Å². The topological polar surface area (TPSA) is 44.5 Å². The number of ether oxygens (including phenoxy) is 2. The molecular weight excluding hydrogens is 202 g/mol. The second-order valence-electron chi connectivity index (χ2n) is 4.28. The molecular formula is C13H19NO2. The van der Waals surface area contributed by atoms with Crippen LogP contribution in [0.2, 0.25) is 0 Å². The molecule has 0 atom stereocenters. The average Bonchev–Trinajstić information content (AvgIpc) is 2.31. The Bertz CT molecular complexity index is 346. The molecule has 3 heteroatoms. The van der Waals surface area contributed by atoms with Crippen molar-refractivity contribution in [1.82, 2.24) is 0 Å². The monoisotopic (exact) mass is 221 g/mol. The van der Waals surface area contributed by atoms with E-state index in [1.807, 2.05) is 18.2 Å². The van der Waals surface area contributed by atoms with Crippen LogP contribution in [0.15, 0.2) is 18.2 Å². The molecule has 0 heterocycles. The van der Waals surface area contributed by atoms with Crippen molar-refractivity contribution in [2.75, 3.05) is 12.8 Å². The van der Waals surface area contributed by atoms with Gasteiger partial charge in [-0.1, -0.05) is 6.42 Å². The Morgan fingerprint density at radius 2 is 1.94 bits per heavy atom. The van der Waals surface area contributed by atoms with Crippen molar-refractivity contribution in [1.29, 1.82) is 0 Å². The molecule has 1 aromatic carbocycles. The summed E-state index contributed by atoms with van der Waals surface area (Å²) >= 11 is 0. The third-order valence-electron chi connectivity index (χ3n) is 3.06. The number of hydrogen-bond acceptors (Lipinski definition) is 3. The van der Waals surface area contributed by atoms with Crippen molar-refractivity contribution in [2.24, 2.45) is 0 Å². The Morgan fingerprint density at radius 1 is 1.19 bits per heavy atom. The molecule has 2 rings (SSSR count). The fourth-order valence-electron chi connectivity index (χ4n) is 2.16. The Morgan fingerprint density at radius 3 is 2.56 bits per heavy atom. The molecule has 2 N–H and O–H groups in total. The summed E-state index contributed by atoms with van der Waals surface area (Å²) in [6, 6.07) is 5.62. The maximum absolute atomic E-state index is 5.90. The summed E-state index contributed by atoms with van der Waals surface area (Å²) < 4.78 is 11.0. The van der Waals surface area contributed by atoms with Crippen molar-refractivity contribution in [3.8, 4) is 11.5 Å². The highest BCUT2D eigenvalue weighted by molar-refractivity contribution is 5.56. The van der Waals surface area contributed by atoms with Crippen LogP contribution in [0.5, 0.6) is 11.5 Å². The van der Waals surface area contributed by atoms with Crippen molar-refractivity contribution in [2.45, 2.75) is 38.2 Å². The van der Waals surface area contributed by atoms with E-state index in [0.29, 0.717) is 17.5 Å². The first-order valence-electron chi connectivity index (χ1n) is 5.90. The molecule has 0 unspecified atom stereocenters. The van der Waals surface area contributed by atoms with Gasteiger partial charge in [-0.2, -0.15) is 0 Å². The van der Waals surface area contributed by atoms with Gasteiger partial charge in [0.1, 0.15) is 11.5 Å². The fourth-order valence-corrected chi connectivity index (χ4v) is 2.16. The van der Waals surface area contributed by atoms with Crippen molar-refractivity contribution >= 4 is 5.69 Å². The molecule has 0 aromatic heterocycles. The Hall–Kier alpha value is -1.38. The van der Waals surface area contributed by atoms with E-state index in [4.69, 9.17) is 15.2 Å². The van der Waals surface area contributed by atoms with Crippen molar-refractivity contribution in [3.05, 3.63) is 18.2 Å². The molecule has 3 nitrogen and oxygen atoms in total. The molecule has 1 aliphatic carbocycles. The predicted octanol–water partition coefficient (Wildman–Crippen LogP) is 2.99. The molecule has 0 amide bonds. The van der Waals surface area contributed by atoms with Crippen LogP contribution < -0.4 is 15.2 Å². The largest absolute Gasteiger partial charge is 0.495 e. The molecule has 1 aromatic rings. The third-order valence-corrected chi connectivity index (χ3v) is 3.06. The number of benzene rings is 1. The van der Waals surface area contributed by atoms with Gasteiger partial charge in [0, 0.05) is 6.07 Å². The summed E-state index contributed by atoms with van der Waals surface area (Å²) in [6.07, 6.45) is 6.57. The van der Waals surface area contributed by atoms with Crippen molar-refractivity contribution < 1.29 is 9.47 Å². The third kappa shape index (κ3) is 2.60. The molecule has 0 spiro atoms. The predicted molar refractivity (Wildman–Crippen MR) is 64.9 cm³/mol. The number of nitrogen functional groups attached to an aromatic ring is 1. The first-order valence-corrected chi connectivity index (χ1v) is 5.90. The minimum atomic E-state index is 0.363. The maximum Gasteiger partial charge on any atom is 0.142 e. The number of nitrogens with two attached hydrogens (primary N) is 1. The smallest absolute Gasteiger partial charge is 0.142 e. The van der Waals surface area contributed by atoms with Crippen LogP contribution in [-0.4, -0.2) is 13.2 Å². The minimum Gasteiger partial charge on any atom is -0.495 e. The van der Waals surface area contributed by atoms with E-state index in [9.17, 15) is 0 Å². The molecule has 1 aliphatic rings. The summed E-state index contributed by atoms with van der Waals surface area (Å²) in [7, 11) is 1.62. The normalized spacial score (nSPS) is 17.1. The lowest BCUT2D eigenvalue weighted by Crippen LogP contribution is -2.19. The summed E-state index contributed by atoms with van der Waals surface area (Å²) in [4.78, 5) is 0. The first kappa shape index (κ1) is 11.1. The average molecular weight is 221 g/mol. The van der Waals surface area contributed by atoms with Crippen LogP contribution in [0.1, 0.15) is 32.1 Å². The molecule has 16 heavy (non-hydrogen) atoms. The van der Waals surface area contributed by atoms with Crippen LogP contribution >= 0.6 is 0 Å². The van der Waals surface area contributed by atoms with Crippen LogP contribution in [0.25, 0.3) is 0 Å². The van der Waals surface area contributed by atoms with Gasteiger partial charge in [0.2, 0.25) is 0 Å². The first-order chi connectivity index (χ1) is 7.79. The molecule has 0 radical (unpaired) electrons. The van der Waals surface area contributed by atoms with Gasteiger partial charge >= 0.3 is 0 Å². The fraction of sp³-hybridized carbons (Fsp3) is 0.538. The quantitative estimate of drug-likeness (QED) is 0.798. The molecule has 0 aliphatic heterocycles. The summed E-state index contributed by atoms with van der Waals surface area (Å²) in [5, 5.41) is 0. The lowest BCUT2D eigenvalue weighted by atomic mass is 9.98. The summed E-state index contributed by atoms with van der Waals surface area (Å²) in [6.45, 7) is 0. The Kier molecular flexibility index (Phi) is 3.54. The Labute approximate surface area is 96.5 Å². The van der Waals surface area contributed by atoms with E-state index >= 15 is 0 Å². The van der Waals surface area contributed by atoms with Gasteiger partial charge in [-0.3, -0.25) is 0 Å². The number of anilines is 1. The highest BCUT2D eigenvalue weighted by atomic mass is 16.5. The highest BCUT2D eigenvalue weighted by Gasteiger charge is 2.15. The zero-order valence-electron chi connectivity index (χ0n) is 9.74. The van der Waals surface area contributed by atoms with Crippen LogP contribution in [0.4, 0.5) is 5.69 Å². The number of rotatable bonds is 3. The van der Waals surface area contributed by atoms with E-state index in [1.54, 1.807) is 7.11 Å².